The monoisotopic (exact) mass is 331 g/mol. The summed E-state index contributed by atoms with van der Waals surface area (Å²) in [6.45, 7) is 2.29. The van der Waals surface area contributed by atoms with Crippen LogP contribution in [0.4, 0.5) is 0 Å². The van der Waals surface area contributed by atoms with Crippen molar-refractivity contribution in [3.05, 3.63) is 0 Å². The molecule has 0 amide bonds. The zero-order valence-corrected chi connectivity index (χ0v) is 15.5. The first-order valence-electron chi connectivity index (χ1n) is 6.99. The summed E-state index contributed by atoms with van der Waals surface area (Å²) in [4.78, 5) is 21.6. The Morgan fingerprint density at radius 2 is 1.06 bits per heavy atom. The minimum atomic E-state index is -4.64. The second-order valence-corrected chi connectivity index (χ2v) is 7.06. The number of unbranched alkanes of at least 4 members (excludes halogenated alkanes) is 9. The minimum Gasteiger partial charge on any atom is -0.303 e. The Morgan fingerprint density at radius 1 is 0.778 bits per heavy atom. The van der Waals surface area contributed by atoms with Crippen LogP contribution in [0.5, 0.6) is 0 Å². The topological polar surface area (TPSA) is 77.8 Å². The Kier molecular flexibility index (Phi) is 18.5. The van der Waals surface area contributed by atoms with Gasteiger partial charge in [-0.05, 0) is 0 Å². The van der Waals surface area contributed by atoms with E-state index in [1.54, 1.807) is 0 Å². The molecule has 6 heteroatoms. The Balaban J connectivity index is 0. The number of rotatable bonds is 10. The van der Waals surface area contributed by atoms with E-state index >= 15 is 0 Å². The smallest absolute Gasteiger partial charge is 0.303 e. The van der Waals surface area contributed by atoms with E-state index in [-0.39, 0.29) is 0 Å². The van der Waals surface area contributed by atoms with Crippen LogP contribution in [0.3, 0.4) is 0 Å². The summed E-state index contributed by atoms with van der Waals surface area (Å²) in [7, 11) is -4.64. The molecule has 0 aromatic heterocycles. The van der Waals surface area contributed by atoms with Gasteiger partial charge in [0.15, 0.2) is 0 Å². The maximum atomic E-state index is 8.88. The van der Waals surface area contributed by atoms with Crippen LogP contribution in [0, 0.1) is 0 Å². The van der Waals surface area contributed by atoms with Crippen LogP contribution in [-0.2, 0) is 22.9 Å². The summed E-state index contributed by atoms with van der Waals surface area (Å²) < 4.78 is 8.88. The summed E-state index contributed by atoms with van der Waals surface area (Å²) in [5.41, 5.74) is 0. The molecular weight excluding hydrogens is 304 g/mol. The molecule has 0 rings (SSSR count). The first-order chi connectivity index (χ1) is 8.41. The van der Waals surface area contributed by atoms with E-state index in [4.69, 9.17) is 19.2 Å². The summed E-state index contributed by atoms with van der Waals surface area (Å²) in [5.74, 6) is 0. The van der Waals surface area contributed by atoms with Crippen molar-refractivity contribution in [2.75, 3.05) is 0 Å². The molecule has 0 fully saturated rings. The predicted octanol–water partition coefficient (Wildman–Crippen LogP) is 3.94. The molecule has 0 radical (unpaired) electrons. The fourth-order valence-corrected chi connectivity index (χ4v) is 2.41. The normalized spacial score (nSPS) is 11.0. The Bertz CT molecular complexity index is 178. The molecule has 4 nitrogen and oxygen atoms in total. The third-order valence-corrected chi connectivity index (χ3v) is 3.65. The van der Waals surface area contributed by atoms with E-state index in [9.17, 15) is 0 Å². The van der Waals surface area contributed by atoms with E-state index in [2.05, 4.69) is 6.92 Å². The standard InChI is InChI=1S/C12H25.H3O4P.Zn/c1-3-5-7-9-11-12-10-8-6-4-2;1-5(2,3)4;/h1,3-12H2,2H3;(H3,1,2,3,4);. The van der Waals surface area contributed by atoms with Gasteiger partial charge in [-0.25, -0.2) is 4.57 Å². The van der Waals surface area contributed by atoms with Crippen LogP contribution in [0.25, 0.3) is 0 Å². The molecule has 0 saturated heterocycles. The number of phosphoric acid groups is 1. The maximum Gasteiger partial charge on any atom is 0.466 e. The quantitative estimate of drug-likeness (QED) is 0.321. The van der Waals surface area contributed by atoms with Crippen LogP contribution < -0.4 is 0 Å². The van der Waals surface area contributed by atoms with Crippen molar-refractivity contribution in [1.82, 2.24) is 0 Å². The summed E-state index contributed by atoms with van der Waals surface area (Å²) >= 11 is 1.50. The molecule has 18 heavy (non-hydrogen) atoms. The van der Waals surface area contributed by atoms with Crippen molar-refractivity contribution in [3.8, 4) is 0 Å². The van der Waals surface area contributed by atoms with Gasteiger partial charge in [-0.1, -0.05) is 0 Å². The van der Waals surface area contributed by atoms with Crippen molar-refractivity contribution < 1.29 is 37.5 Å². The molecule has 0 saturated carbocycles. The largest absolute Gasteiger partial charge is 0.466 e. The van der Waals surface area contributed by atoms with Gasteiger partial charge in [0.25, 0.3) is 0 Å². The van der Waals surface area contributed by atoms with Crippen molar-refractivity contribution >= 4 is 7.82 Å². The summed E-state index contributed by atoms with van der Waals surface area (Å²) in [6, 6.07) is 0. The Morgan fingerprint density at radius 3 is 1.33 bits per heavy atom. The third kappa shape index (κ3) is 36.0. The van der Waals surface area contributed by atoms with E-state index in [0.29, 0.717) is 0 Å². The van der Waals surface area contributed by atoms with E-state index in [1.165, 1.54) is 87.5 Å². The molecule has 0 aromatic rings. The Labute approximate surface area is 121 Å². The van der Waals surface area contributed by atoms with Gasteiger partial charge in [0, 0.05) is 0 Å². The van der Waals surface area contributed by atoms with E-state index in [0.717, 1.165) is 0 Å². The van der Waals surface area contributed by atoms with Gasteiger partial charge < -0.3 is 14.7 Å². The number of hydrogen-bond acceptors (Lipinski definition) is 1. The number of hydrogen-bond donors (Lipinski definition) is 3. The molecule has 0 aliphatic heterocycles. The van der Waals surface area contributed by atoms with Crippen molar-refractivity contribution in [2.24, 2.45) is 0 Å². The van der Waals surface area contributed by atoms with Crippen LogP contribution in [0.1, 0.15) is 71.1 Å². The fourth-order valence-electron chi connectivity index (χ4n) is 1.66. The van der Waals surface area contributed by atoms with Crippen LogP contribution in [0.15, 0.2) is 0 Å². The van der Waals surface area contributed by atoms with Gasteiger partial charge in [-0.3, -0.25) is 0 Å². The van der Waals surface area contributed by atoms with Crippen LogP contribution in [-0.4, -0.2) is 14.7 Å². The van der Waals surface area contributed by atoms with Gasteiger partial charge in [-0.15, -0.1) is 0 Å². The zero-order chi connectivity index (χ0) is 14.3. The maximum absolute atomic E-state index is 8.88. The van der Waals surface area contributed by atoms with E-state index < -0.39 is 7.82 Å². The molecule has 0 spiro atoms. The molecular formula is C12H28O4PZn. The molecule has 0 bridgehead atoms. The van der Waals surface area contributed by atoms with Gasteiger partial charge in [0.1, 0.15) is 0 Å². The average Bonchev–Trinajstić information content (AvgIpc) is 2.25. The second kappa shape index (κ2) is 15.8. The molecule has 0 aliphatic rings. The molecule has 0 aliphatic carbocycles. The van der Waals surface area contributed by atoms with Crippen LogP contribution in [0.2, 0.25) is 5.02 Å². The minimum absolute atomic E-state index is 1.38. The third-order valence-electron chi connectivity index (χ3n) is 2.60. The van der Waals surface area contributed by atoms with Crippen molar-refractivity contribution in [3.63, 3.8) is 0 Å². The van der Waals surface area contributed by atoms with Gasteiger partial charge >= 0.3 is 102 Å². The van der Waals surface area contributed by atoms with Crippen molar-refractivity contribution in [1.29, 1.82) is 0 Å². The first-order valence-corrected chi connectivity index (χ1v) is 10.7. The van der Waals surface area contributed by atoms with Crippen LogP contribution >= 0.6 is 7.82 Å². The van der Waals surface area contributed by atoms with Gasteiger partial charge in [0.05, 0.1) is 0 Å². The molecule has 0 heterocycles. The molecule has 0 aromatic carbocycles. The second-order valence-electron chi connectivity index (χ2n) is 4.55. The summed E-state index contributed by atoms with van der Waals surface area (Å²) in [6.07, 6.45) is 14.7. The molecule has 0 atom stereocenters. The Hall–Kier alpha value is 0.733. The molecule has 107 valence electrons. The first kappa shape index (κ1) is 21.0. The zero-order valence-electron chi connectivity index (χ0n) is 11.7. The summed E-state index contributed by atoms with van der Waals surface area (Å²) in [5, 5.41) is 1.50. The fraction of sp³-hybridized carbons (Fsp3) is 1.00. The van der Waals surface area contributed by atoms with Gasteiger partial charge in [0.2, 0.25) is 0 Å². The molecule has 3 N–H and O–H groups in total. The van der Waals surface area contributed by atoms with Crippen molar-refractivity contribution in [2.45, 2.75) is 76.1 Å². The van der Waals surface area contributed by atoms with Gasteiger partial charge in [-0.2, -0.15) is 0 Å². The predicted molar refractivity (Wildman–Crippen MR) is 70.9 cm³/mol. The SMILES string of the molecule is CCCCCCCCCCC[CH2][Zn].O=P(O)(O)O. The van der Waals surface area contributed by atoms with E-state index in [1.807, 2.05) is 0 Å². The molecule has 0 unspecified atom stereocenters. The average molecular weight is 333 g/mol.